The maximum absolute atomic E-state index is 12.1. The van der Waals surface area contributed by atoms with Crippen LogP contribution in [-0.2, 0) is 9.47 Å². The van der Waals surface area contributed by atoms with E-state index in [4.69, 9.17) is 4.74 Å². The predicted molar refractivity (Wildman–Crippen MR) is 55.5 cm³/mol. The number of nitrogens with zero attached hydrogens (tertiary/aromatic N) is 1. The lowest BCUT2D eigenvalue weighted by Gasteiger charge is -2.48. The van der Waals surface area contributed by atoms with E-state index in [1.54, 1.807) is 0 Å². The van der Waals surface area contributed by atoms with Crippen molar-refractivity contribution in [2.45, 2.75) is 51.0 Å². The molecule has 0 radical (unpaired) electrons. The van der Waals surface area contributed by atoms with Crippen LogP contribution in [0, 0.1) is 0 Å². The molecule has 16 heavy (non-hydrogen) atoms. The van der Waals surface area contributed by atoms with E-state index in [2.05, 4.69) is 9.64 Å². The largest absolute Gasteiger partial charge is 0.377 e. The van der Waals surface area contributed by atoms with Crippen molar-refractivity contribution >= 4 is 0 Å². The Hall–Kier alpha value is -0.260. The second-order valence-corrected chi connectivity index (χ2v) is 5.00. The summed E-state index contributed by atoms with van der Waals surface area (Å²) < 4.78 is 34.5. The van der Waals surface area contributed by atoms with Gasteiger partial charge >= 0.3 is 6.61 Å². The van der Waals surface area contributed by atoms with Crippen LogP contribution in [0.15, 0.2) is 0 Å². The quantitative estimate of drug-likeness (QED) is 0.726. The van der Waals surface area contributed by atoms with Crippen molar-refractivity contribution in [2.75, 3.05) is 19.7 Å². The molecule has 2 atom stereocenters. The van der Waals surface area contributed by atoms with Gasteiger partial charge in [-0.1, -0.05) is 0 Å². The third-order valence-corrected chi connectivity index (χ3v) is 3.53. The van der Waals surface area contributed by atoms with E-state index in [9.17, 15) is 8.78 Å². The third-order valence-electron chi connectivity index (χ3n) is 3.53. The first-order chi connectivity index (χ1) is 7.52. The van der Waals surface area contributed by atoms with Crippen LogP contribution in [0.2, 0.25) is 0 Å². The van der Waals surface area contributed by atoms with E-state index in [0.717, 1.165) is 13.0 Å². The first-order valence-corrected chi connectivity index (χ1v) is 5.82. The zero-order chi connectivity index (χ0) is 11.8. The lowest BCUT2D eigenvalue weighted by Crippen LogP contribution is -2.58. The van der Waals surface area contributed by atoms with Crippen molar-refractivity contribution in [1.82, 2.24) is 4.90 Å². The molecule has 0 N–H and O–H groups in total. The van der Waals surface area contributed by atoms with Gasteiger partial charge < -0.3 is 9.47 Å². The maximum atomic E-state index is 12.1. The van der Waals surface area contributed by atoms with Crippen LogP contribution in [0.4, 0.5) is 8.78 Å². The number of fused-ring (bicyclic) bond motifs is 1. The summed E-state index contributed by atoms with van der Waals surface area (Å²) >= 11 is 0. The summed E-state index contributed by atoms with van der Waals surface area (Å²) in [6, 6.07) is 0. The van der Waals surface area contributed by atoms with Gasteiger partial charge in [0.05, 0.1) is 18.8 Å². The molecule has 2 saturated heterocycles. The van der Waals surface area contributed by atoms with E-state index in [1.165, 1.54) is 0 Å². The number of ether oxygens (including phenoxy) is 2. The Kier molecular flexibility index (Phi) is 3.47. The van der Waals surface area contributed by atoms with E-state index in [-0.39, 0.29) is 17.7 Å². The standard InChI is InChI=1S/C11H19F2NO2/c1-8(2)15-7-11-3-4-14(11)6-9(5-11)16-10(12)13/h8-10H,3-7H2,1-2H3/t9-,11+/m1/s1. The highest BCUT2D eigenvalue weighted by atomic mass is 19.3. The summed E-state index contributed by atoms with van der Waals surface area (Å²) in [7, 11) is 0. The van der Waals surface area contributed by atoms with Crippen molar-refractivity contribution in [3.63, 3.8) is 0 Å². The first-order valence-electron chi connectivity index (χ1n) is 5.82. The van der Waals surface area contributed by atoms with Gasteiger partial charge in [0.25, 0.3) is 0 Å². The molecule has 0 unspecified atom stereocenters. The Labute approximate surface area is 94.7 Å². The number of hydrogen-bond acceptors (Lipinski definition) is 3. The summed E-state index contributed by atoms with van der Waals surface area (Å²) in [5.41, 5.74) is -0.0240. The fraction of sp³-hybridized carbons (Fsp3) is 1.00. The molecule has 0 aromatic heterocycles. The second-order valence-electron chi connectivity index (χ2n) is 5.00. The van der Waals surface area contributed by atoms with E-state index in [1.807, 2.05) is 13.8 Å². The van der Waals surface area contributed by atoms with Crippen LogP contribution in [-0.4, -0.2) is 49.0 Å². The van der Waals surface area contributed by atoms with Crippen molar-refractivity contribution in [2.24, 2.45) is 0 Å². The van der Waals surface area contributed by atoms with Gasteiger partial charge in [-0.05, 0) is 26.7 Å². The summed E-state index contributed by atoms with van der Waals surface area (Å²) in [6.07, 6.45) is 1.55. The fourth-order valence-corrected chi connectivity index (χ4v) is 2.62. The number of rotatable bonds is 5. The Bertz CT molecular complexity index is 250. The van der Waals surface area contributed by atoms with E-state index >= 15 is 0 Å². The second kappa shape index (κ2) is 4.55. The smallest absolute Gasteiger partial charge is 0.345 e. The summed E-state index contributed by atoms with van der Waals surface area (Å²) in [5, 5.41) is 0. The van der Waals surface area contributed by atoms with Crippen LogP contribution < -0.4 is 0 Å². The minimum atomic E-state index is -2.66. The molecule has 0 aromatic rings. The van der Waals surface area contributed by atoms with E-state index < -0.39 is 6.61 Å². The van der Waals surface area contributed by atoms with Gasteiger partial charge in [-0.15, -0.1) is 0 Å². The van der Waals surface area contributed by atoms with Gasteiger partial charge in [-0.2, -0.15) is 8.78 Å². The molecule has 94 valence electrons. The van der Waals surface area contributed by atoms with Gasteiger partial charge in [-0.3, -0.25) is 4.90 Å². The van der Waals surface area contributed by atoms with Crippen LogP contribution in [0.3, 0.4) is 0 Å². The molecule has 0 aromatic carbocycles. The minimum absolute atomic E-state index is 0.0240. The van der Waals surface area contributed by atoms with Crippen molar-refractivity contribution in [3.8, 4) is 0 Å². The highest BCUT2D eigenvalue weighted by Gasteiger charge is 2.52. The summed E-state index contributed by atoms with van der Waals surface area (Å²) in [4.78, 5) is 2.21. The molecular formula is C11H19F2NO2. The molecule has 2 aliphatic heterocycles. The lowest BCUT2D eigenvalue weighted by atomic mass is 9.85. The molecule has 0 saturated carbocycles. The van der Waals surface area contributed by atoms with Crippen LogP contribution in [0.1, 0.15) is 26.7 Å². The molecule has 0 aliphatic carbocycles. The van der Waals surface area contributed by atoms with Crippen molar-refractivity contribution in [3.05, 3.63) is 0 Å². The zero-order valence-electron chi connectivity index (χ0n) is 9.79. The monoisotopic (exact) mass is 235 g/mol. The van der Waals surface area contributed by atoms with Gasteiger partial charge in [0, 0.05) is 18.6 Å². The van der Waals surface area contributed by atoms with Gasteiger partial charge in [0.15, 0.2) is 0 Å². The van der Waals surface area contributed by atoms with Gasteiger partial charge in [-0.25, -0.2) is 0 Å². The normalized spacial score (nSPS) is 34.5. The number of alkyl halides is 2. The molecule has 2 heterocycles. The minimum Gasteiger partial charge on any atom is -0.377 e. The molecule has 0 spiro atoms. The number of hydrogen-bond donors (Lipinski definition) is 0. The zero-order valence-corrected chi connectivity index (χ0v) is 9.79. The van der Waals surface area contributed by atoms with Crippen molar-refractivity contribution < 1.29 is 18.3 Å². The Balaban J connectivity index is 1.86. The predicted octanol–water partition coefficient (Wildman–Crippen LogP) is 1.87. The molecule has 0 bridgehead atoms. The van der Waals surface area contributed by atoms with Gasteiger partial charge in [0.2, 0.25) is 0 Å². The fourth-order valence-electron chi connectivity index (χ4n) is 2.62. The first kappa shape index (κ1) is 12.2. The molecule has 0 amide bonds. The Morgan fingerprint density at radius 2 is 2.19 bits per heavy atom. The average molecular weight is 235 g/mol. The lowest BCUT2D eigenvalue weighted by molar-refractivity contribution is -0.158. The molecule has 2 aliphatic rings. The van der Waals surface area contributed by atoms with Crippen LogP contribution in [0.5, 0.6) is 0 Å². The Morgan fingerprint density at radius 3 is 2.69 bits per heavy atom. The van der Waals surface area contributed by atoms with E-state index in [0.29, 0.717) is 19.6 Å². The molecule has 2 rings (SSSR count). The Morgan fingerprint density at radius 1 is 1.44 bits per heavy atom. The topological polar surface area (TPSA) is 21.7 Å². The maximum Gasteiger partial charge on any atom is 0.345 e. The highest BCUT2D eigenvalue weighted by molar-refractivity contribution is 5.07. The molecule has 3 nitrogen and oxygen atoms in total. The average Bonchev–Trinajstić information content (AvgIpc) is 2.38. The van der Waals surface area contributed by atoms with Crippen LogP contribution >= 0.6 is 0 Å². The summed E-state index contributed by atoms with van der Waals surface area (Å²) in [5.74, 6) is 0. The van der Waals surface area contributed by atoms with Crippen LogP contribution in [0.25, 0.3) is 0 Å². The highest BCUT2D eigenvalue weighted by Crippen LogP contribution is 2.42. The third kappa shape index (κ3) is 2.36. The molecular weight excluding hydrogens is 216 g/mol. The van der Waals surface area contributed by atoms with Gasteiger partial charge in [0.1, 0.15) is 0 Å². The number of halogens is 2. The molecule has 5 heteroatoms. The summed E-state index contributed by atoms with van der Waals surface area (Å²) in [6.45, 7) is 3.54. The van der Waals surface area contributed by atoms with Crippen molar-refractivity contribution in [1.29, 1.82) is 0 Å². The molecule has 2 fully saturated rings. The SMILES string of the molecule is CC(C)OC[C@@]12CCN1C[C@H](OC(F)F)C2.